The second-order valence-electron chi connectivity index (χ2n) is 6.03. The van der Waals surface area contributed by atoms with E-state index in [-0.39, 0.29) is 17.5 Å². The molecule has 6 nitrogen and oxygen atoms in total. The Morgan fingerprint density at radius 1 is 1.28 bits per heavy atom. The maximum absolute atomic E-state index is 12.6. The van der Waals surface area contributed by atoms with Gasteiger partial charge >= 0.3 is 5.97 Å². The Morgan fingerprint density at radius 3 is 2.72 bits per heavy atom. The molecule has 3 aromatic rings. The normalized spacial score (nSPS) is 11.1. The van der Waals surface area contributed by atoms with Gasteiger partial charge in [0.1, 0.15) is 0 Å². The molecule has 130 valence electrons. The molecule has 0 fully saturated rings. The number of carbonyl (C=O) groups is 2. The van der Waals surface area contributed by atoms with Gasteiger partial charge in [-0.15, -0.1) is 11.3 Å². The molecule has 0 aliphatic heterocycles. The molecule has 25 heavy (non-hydrogen) atoms. The van der Waals surface area contributed by atoms with Crippen LogP contribution >= 0.6 is 11.3 Å². The number of amides is 1. The number of hydrogen-bond acceptors (Lipinski definition) is 5. The van der Waals surface area contributed by atoms with Crippen molar-refractivity contribution >= 4 is 39.2 Å². The third kappa shape index (κ3) is 3.28. The number of hydrogen-bond donors (Lipinski definition) is 1. The number of ether oxygens (including phenoxy) is 1. The van der Waals surface area contributed by atoms with Crippen molar-refractivity contribution in [2.45, 2.75) is 19.8 Å². The number of nitrogens with one attached hydrogen (secondary N) is 1. The molecule has 0 atom stereocenters. The molecule has 0 saturated carbocycles. The molecular formula is C18H19N3O3S. The molecule has 1 amide bonds. The topological polar surface area (TPSA) is 73.2 Å². The van der Waals surface area contributed by atoms with Gasteiger partial charge in [0.15, 0.2) is 10.8 Å². The molecule has 2 heterocycles. The van der Waals surface area contributed by atoms with E-state index >= 15 is 0 Å². The van der Waals surface area contributed by atoms with Crippen LogP contribution in [0, 0.1) is 0 Å². The van der Waals surface area contributed by atoms with Crippen molar-refractivity contribution in [2.75, 3.05) is 12.4 Å². The van der Waals surface area contributed by atoms with Crippen LogP contribution in [-0.2, 0) is 11.8 Å². The first-order valence-electron chi connectivity index (χ1n) is 7.86. The van der Waals surface area contributed by atoms with Crippen LogP contribution in [0.15, 0.2) is 30.5 Å². The summed E-state index contributed by atoms with van der Waals surface area (Å²) in [6.45, 7) is 3.93. The number of esters is 1. The van der Waals surface area contributed by atoms with Crippen molar-refractivity contribution in [2.24, 2.45) is 7.05 Å². The average molecular weight is 357 g/mol. The van der Waals surface area contributed by atoms with Gasteiger partial charge in [-0.05, 0) is 29.5 Å². The van der Waals surface area contributed by atoms with Gasteiger partial charge in [-0.25, -0.2) is 9.78 Å². The fourth-order valence-corrected chi connectivity index (χ4v) is 3.54. The summed E-state index contributed by atoms with van der Waals surface area (Å²) < 4.78 is 6.73. The standard InChI is InChI=1S/C18H19N3O3S/c1-10(2)15-14(17(23)24-4)19-18(25-15)20-16(22)12-6-5-11-7-8-21(3)13(11)9-12/h5-10H,1-4H3,(H,19,20,22). The van der Waals surface area contributed by atoms with Crippen molar-refractivity contribution in [3.05, 3.63) is 46.6 Å². The monoisotopic (exact) mass is 357 g/mol. The van der Waals surface area contributed by atoms with E-state index in [0.29, 0.717) is 10.7 Å². The fraction of sp³-hybridized carbons (Fsp3) is 0.278. The van der Waals surface area contributed by atoms with E-state index in [1.165, 1.54) is 18.4 Å². The molecule has 0 saturated heterocycles. The predicted octanol–water partition coefficient (Wildman–Crippen LogP) is 3.80. The molecule has 1 aromatic carbocycles. The predicted molar refractivity (Wildman–Crippen MR) is 98.4 cm³/mol. The van der Waals surface area contributed by atoms with E-state index in [2.05, 4.69) is 10.3 Å². The number of thiazole rings is 1. The summed E-state index contributed by atoms with van der Waals surface area (Å²) in [4.78, 5) is 29.5. The number of aromatic nitrogens is 2. The Balaban J connectivity index is 1.89. The van der Waals surface area contributed by atoms with Gasteiger partial charge in [0.25, 0.3) is 5.91 Å². The molecule has 0 aliphatic carbocycles. The van der Waals surface area contributed by atoms with Gasteiger partial charge in [-0.3, -0.25) is 10.1 Å². The van der Waals surface area contributed by atoms with E-state index in [1.807, 2.05) is 49.9 Å². The Morgan fingerprint density at radius 2 is 2.04 bits per heavy atom. The van der Waals surface area contributed by atoms with Gasteiger partial charge in [0.2, 0.25) is 0 Å². The van der Waals surface area contributed by atoms with Gasteiger partial charge in [0, 0.05) is 29.2 Å². The minimum absolute atomic E-state index is 0.108. The molecule has 7 heteroatoms. The zero-order valence-corrected chi connectivity index (χ0v) is 15.3. The third-order valence-corrected chi connectivity index (χ3v) is 5.20. The number of nitrogens with zero attached hydrogens (tertiary/aromatic N) is 2. The molecule has 0 radical (unpaired) electrons. The summed E-state index contributed by atoms with van der Waals surface area (Å²) in [5, 5.41) is 4.24. The number of carbonyl (C=O) groups excluding carboxylic acids is 2. The van der Waals surface area contributed by atoms with Crippen molar-refractivity contribution in [3.8, 4) is 0 Å². The highest BCUT2D eigenvalue weighted by Gasteiger charge is 2.22. The minimum Gasteiger partial charge on any atom is -0.464 e. The Kier molecular flexibility index (Phi) is 4.59. The van der Waals surface area contributed by atoms with E-state index in [0.717, 1.165) is 15.8 Å². The fourth-order valence-electron chi connectivity index (χ4n) is 2.59. The van der Waals surface area contributed by atoms with Crippen LogP contribution < -0.4 is 5.32 Å². The van der Waals surface area contributed by atoms with E-state index in [4.69, 9.17) is 4.74 Å². The lowest BCUT2D eigenvalue weighted by Gasteiger charge is -2.03. The number of methoxy groups -OCH3 is 1. The summed E-state index contributed by atoms with van der Waals surface area (Å²) in [6.07, 6.45) is 1.95. The van der Waals surface area contributed by atoms with Crippen molar-refractivity contribution in [1.29, 1.82) is 0 Å². The Hall–Kier alpha value is -2.67. The number of aryl methyl sites for hydroxylation is 1. The maximum atomic E-state index is 12.6. The number of benzene rings is 1. The van der Waals surface area contributed by atoms with Gasteiger partial charge in [-0.1, -0.05) is 19.9 Å². The van der Waals surface area contributed by atoms with E-state index < -0.39 is 5.97 Å². The van der Waals surface area contributed by atoms with Crippen LogP contribution in [0.3, 0.4) is 0 Å². The SMILES string of the molecule is COC(=O)c1nc(NC(=O)c2ccc3ccn(C)c3c2)sc1C(C)C. The van der Waals surface area contributed by atoms with Gasteiger partial charge < -0.3 is 9.30 Å². The molecule has 2 aromatic heterocycles. The van der Waals surface area contributed by atoms with Crippen molar-refractivity contribution in [1.82, 2.24) is 9.55 Å². The minimum atomic E-state index is -0.495. The number of rotatable bonds is 4. The summed E-state index contributed by atoms with van der Waals surface area (Å²) in [5.41, 5.74) is 1.77. The summed E-state index contributed by atoms with van der Waals surface area (Å²) in [5.74, 6) is -0.647. The summed E-state index contributed by atoms with van der Waals surface area (Å²) in [6, 6.07) is 7.51. The highest BCUT2D eigenvalue weighted by atomic mass is 32.1. The Labute approximate surface area is 149 Å². The maximum Gasteiger partial charge on any atom is 0.357 e. The average Bonchev–Trinajstić information content (AvgIpc) is 3.18. The van der Waals surface area contributed by atoms with Crippen LogP contribution in [0.25, 0.3) is 10.9 Å². The smallest absolute Gasteiger partial charge is 0.357 e. The number of fused-ring (bicyclic) bond motifs is 1. The zero-order chi connectivity index (χ0) is 18.1. The van der Waals surface area contributed by atoms with Crippen LogP contribution in [0.4, 0.5) is 5.13 Å². The molecule has 0 bridgehead atoms. The first-order chi connectivity index (χ1) is 11.9. The lowest BCUT2D eigenvalue weighted by molar-refractivity contribution is 0.0593. The van der Waals surface area contributed by atoms with Crippen LogP contribution in [-0.4, -0.2) is 28.5 Å². The molecule has 1 N–H and O–H groups in total. The second kappa shape index (κ2) is 6.68. The van der Waals surface area contributed by atoms with Gasteiger partial charge in [-0.2, -0.15) is 0 Å². The highest BCUT2D eigenvalue weighted by Crippen LogP contribution is 2.30. The number of anilines is 1. The van der Waals surface area contributed by atoms with Gasteiger partial charge in [0.05, 0.1) is 7.11 Å². The molecule has 0 aliphatic rings. The third-order valence-electron chi connectivity index (χ3n) is 3.93. The van der Waals surface area contributed by atoms with Crippen LogP contribution in [0.2, 0.25) is 0 Å². The molecular weight excluding hydrogens is 338 g/mol. The largest absolute Gasteiger partial charge is 0.464 e. The quantitative estimate of drug-likeness (QED) is 0.721. The lowest BCUT2D eigenvalue weighted by Crippen LogP contribution is -2.12. The first-order valence-corrected chi connectivity index (χ1v) is 8.68. The summed E-state index contributed by atoms with van der Waals surface area (Å²) >= 11 is 1.29. The highest BCUT2D eigenvalue weighted by molar-refractivity contribution is 7.16. The molecule has 0 unspecified atom stereocenters. The van der Waals surface area contributed by atoms with Crippen LogP contribution in [0.1, 0.15) is 45.5 Å². The molecule has 3 rings (SSSR count). The van der Waals surface area contributed by atoms with Crippen molar-refractivity contribution in [3.63, 3.8) is 0 Å². The van der Waals surface area contributed by atoms with E-state index in [9.17, 15) is 9.59 Å². The Bertz CT molecular complexity index is 956. The first kappa shape index (κ1) is 17.2. The second-order valence-corrected chi connectivity index (χ2v) is 7.06. The van der Waals surface area contributed by atoms with Crippen molar-refractivity contribution < 1.29 is 14.3 Å². The lowest BCUT2D eigenvalue weighted by atomic mass is 10.1. The van der Waals surface area contributed by atoms with Crippen LogP contribution in [0.5, 0.6) is 0 Å². The molecule has 0 spiro atoms. The van der Waals surface area contributed by atoms with E-state index in [1.54, 1.807) is 6.07 Å². The summed E-state index contributed by atoms with van der Waals surface area (Å²) in [7, 11) is 3.25. The zero-order valence-electron chi connectivity index (χ0n) is 14.5.